The first-order chi connectivity index (χ1) is 8.26. The number of methoxy groups -OCH3 is 1. The van der Waals surface area contributed by atoms with Crippen LogP contribution in [0.1, 0.15) is 24.8 Å². The monoisotopic (exact) mass is 234 g/mol. The Kier molecular flexibility index (Phi) is 4.02. The Hall–Kier alpha value is -1.06. The van der Waals surface area contributed by atoms with E-state index in [0.29, 0.717) is 17.9 Å². The number of para-hydroxylation sites is 1. The first kappa shape index (κ1) is 12.4. The SMILES string of the molecule is COc1ccccc1C1CC(C)NCC1CN. The van der Waals surface area contributed by atoms with Crippen LogP contribution in [-0.4, -0.2) is 26.2 Å². The third-order valence-electron chi connectivity index (χ3n) is 3.75. The Balaban J connectivity index is 2.28. The molecule has 3 nitrogen and oxygen atoms in total. The summed E-state index contributed by atoms with van der Waals surface area (Å²) in [6.45, 7) is 3.96. The highest BCUT2D eigenvalue weighted by Gasteiger charge is 2.30. The Bertz CT molecular complexity index is 367. The molecular formula is C14H22N2O. The molecule has 3 atom stereocenters. The van der Waals surface area contributed by atoms with Crippen molar-refractivity contribution in [3.8, 4) is 5.75 Å². The van der Waals surface area contributed by atoms with E-state index >= 15 is 0 Å². The third kappa shape index (κ3) is 2.61. The number of hydrogen-bond acceptors (Lipinski definition) is 3. The van der Waals surface area contributed by atoms with Gasteiger partial charge >= 0.3 is 0 Å². The molecule has 17 heavy (non-hydrogen) atoms. The van der Waals surface area contributed by atoms with Crippen molar-refractivity contribution in [3.63, 3.8) is 0 Å². The first-order valence-corrected chi connectivity index (χ1v) is 6.32. The molecule has 1 aliphatic heterocycles. The maximum atomic E-state index is 5.89. The van der Waals surface area contributed by atoms with Gasteiger partial charge in [-0.1, -0.05) is 18.2 Å². The summed E-state index contributed by atoms with van der Waals surface area (Å²) in [5.41, 5.74) is 7.19. The summed E-state index contributed by atoms with van der Waals surface area (Å²) in [4.78, 5) is 0. The van der Waals surface area contributed by atoms with Crippen molar-refractivity contribution in [2.75, 3.05) is 20.2 Å². The van der Waals surface area contributed by atoms with Gasteiger partial charge in [0.25, 0.3) is 0 Å². The highest BCUT2D eigenvalue weighted by Crippen LogP contribution is 2.36. The fourth-order valence-electron chi connectivity index (χ4n) is 2.75. The lowest BCUT2D eigenvalue weighted by atomic mass is 9.78. The van der Waals surface area contributed by atoms with E-state index in [1.165, 1.54) is 5.56 Å². The topological polar surface area (TPSA) is 47.3 Å². The molecule has 1 aromatic carbocycles. The quantitative estimate of drug-likeness (QED) is 0.837. The second-order valence-electron chi connectivity index (χ2n) is 4.89. The van der Waals surface area contributed by atoms with Crippen molar-refractivity contribution in [1.82, 2.24) is 5.32 Å². The van der Waals surface area contributed by atoms with Gasteiger partial charge in [-0.2, -0.15) is 0 Å². The van der Waals surface area contributed by atoms with Gasteiger partial charge in [0.15, 0.2) is 0 Å². The van der Waals surface area contributed by atoms with Crippen molar-refractivity contribution in [2.45, 2.75) is 25.3 Å². The zero-order chi connectivity index (χ0) is 12.3. The average molecular weight is 234 g/mol. The van der Waals surface area contributed by atoms with Gasteiger partial charge in [0.05, 0.1) is 7.11 Å². The molecule has 1 saturated heterocycles. The highest BCUT2D eigenvalue weighted by molar-refractivity contribution is 5.37. The molecule has 0 saturated carbocycles. The predicted molar refractivity (Wildman–Crippen MR) is 70.4 cm³/mol. The summed E-state index contributed by atoms with van der Waals surface area (Å²) in [7, 11) is 1.74. The average Bonchev–Trinajstić information content (AvgIpc) is 2.38. The molecule has 0 aromatic heterocycles. The molecule has 3 N–H and O–H groups in total. The molecule has 0 bridgehead atoms. The standard InChI is InChI=1S/C14H22N2O/c1-10-7-13(11(8-15)9-16-10)12-5-3-4-6-14(12)17-2/h3-6,10-11,13,16H,7-9,15H2,1-2H3. The van der Waals surface area contributed by atoms with Gasteiger partial charge in [0.2, 0.25) is 0 Å². The van der Waals surface area contributed by atoms with Crippen LogP contribution in [0.2, 0.25) is 0 Å². The van der Waals surface area contributed by atoms with Gasteiger partial charge in [0, 0.05) is 6.04 Å². The second-order valence-corrected chi connectivity index (χ2v) is 4.89. The van der Waals surface area contributed by atoms with Crippen molar-refractivity contribution < 1.29 is 4.74 Å². The molecule has 1 aromatic rings. The molecule has 0 amide bonds. The minimum atomic E-state index is 0.502. The van der Waals surface area contributed by atoms with E-state index in [4.69, 9.17) is 10.5 Å². The molecule has 1 heterocycles. The maximum Gasteiger partial charge on any atom is 0.122 e. The summed E-state index contributed by atoms with van der Waals surface area (Å²) in [5.74, 6) is 2.00. The van der Waals surface area contributed by atoms with E-state index in [-0.39, 0.29) is 0 Å². The summed E-state index contributed by atoms with van der Waals surface area (Å²) in [6.07, 6.45) is 1.13. The van der Waals surface area contributed by atoms with Crippen LogP contribution in [-0.2, 0) is 0 Å². The zero-order valence-electron chi connectivity index (χ0n) is 10.6. The van der Waals surface area contributed by atoms with Crippen LogP contribution in [0.4, 0.5) is 0 Å². The normalized spacial score (nSPS) is 29.0. The first-order valence-electron chi connectivity index (χ1n) is 6.32. The number of rotatable bonds is 3. The fourth-order valence-corrected chi connectivity index (χ4v) is 2.75. The van der Waals surface area contributed by atoms with Crippen LogP contribution in [0.3, 0.4) is 0 Å². The largest absolute Gasteiger partial charge is 0.496 e. The molecule has 1 fully saturated rings. The van der Waals surface area contributed by atoms with Gasteiger partial charge in [0.1, 0.15) is 5.75 Å². The third-order valence-corrected chi connectivity index (χ3v) is 3.75. The Morgan fingerprint density at radius 1 is 1.41 bits per heavy atom. The van der Waals surface area contributed by atoms with Crippen molar-refractivity contribution in [2.24, 2.45) is 11.7 Å². The van der Waals surface area contributed by atoms with E-state index in [0.717, 1.165) is 25.3 Å². The van der Waals surface area contributed by atoms with Crippen molar-refractivity contribution in [3.05, 3.63) is 29.8 Å². The van der Waals surface area contributed by atoms with Crippen LogP contribution in [0, 0.1) is 5.92 Å². The van der Waals surface area contributed by atoms with Crippen LogP contribution in [0.25, 0.3) is 0 Å². The molecule has 3 unspecified atom stereocenters. The molecular weight excluding hydrogens is 212 g/mol. The summed E-state index contributed by atoms with van der Waals surface area (Å²) in [6, 6.07) is 8.86. The van der Waals surface area contributed by atoms with E-state index in [9.17, 15) is 0 Å². The lowest BCUT2D eigenvalue weighted by Crippen LogP contribution is -2.44. The molecule has 0 radical (unpaired) electrons. The van der Waals surface area contributed by atoms with Crippen LogP contribution in [0.15, 0.2) is 24.3 Å². The van der Waals surface area contributed by atoms with Gasteiger partial charge in [-0.05, 0) is 49.9 Å². The van der Waals surface area contributed by atoms with Crippen LogP contribution in [0.5, 0.6) is 5.75 Å². The molecule has 3 heteroatoms. The number of nitrogens with two attached hydrogens (primary N) is 1. The minimum absolute atomic E-state index is 0.502. The molecule has 94 valence electrons. The van der Waals surface area contributed by atoms with E-state index < -0.39 is 0 Å². The van der Waals surface area contributed by atoms with Gasteiger partial charge < -0.3 is 15.8 Å². The smallest absolute Gasteiger partial charge is 0.122 e. The van der Waals surface area contributed by atoms with E-state index in [1.807, 2.05) is 12.1 Å². The Labute approximate surface area is 103 Å². The van der Waals surface area contributed by atoms with E-state index in [2.05, 4.69) is 24.4 Å². The van der Waals surface area contributed by atoms with Gasteiger partial charge in [-0.25, -0.2) is 0 Å². The second kappa shape index (κ2) is 5.52. The number of nitrogens with one attached hydrogen (secondary N) is 1. The van der Waals surface area contributed by atoms with Crippen molar-refractivity contribution >= 4 is 0 Å². The number of piperidine rings is 1. The predicted octanol–water partition coefficient (Wildman–Crippen LogP) is 1.74. The zero-order valence-corrected chi connectivity index (χ0v) is 10.6. The lowest BCUT2D eigenvalue weighted by Gasteiger charge is -2.36. The fraction of sp³-hybridized carbons (Fsp3) is 0.571. The molecule has 1 aliphatic rings. The summed E-state index contributed by atoms with van der Waals surface area (Å²) < 4.78 is 5.47. The van der Waals surface area contributed by atoms with E-state index in [1.54, 1.807) is 7.11 Å². The number of benzene rings is 1. The highest BCUT2D eigenvalue weighted by atomic mass is 16.5. The maximum absolute atomic E-state index is 5.89. The minimum Gasteiger partial charge on any atom is -0.496 e. The molecule has 0 aliphatic carbocycles. The Morgan fingerprint density at radius 3 is 2.88 bits per heavy atom. The number of hydrogen-bond donors (Lipinski definition) is 2. The Morgan fingerprint density at radius 2 is 2.18 bits per heavy atom. The van der Waals surface area contributed by atoms with Crippen LogP contribution < -0.4 is 15.8 Å². The summed E-state index contributed by atoms with van der Waals surface area (Å²) in [5, 5.41) is 3.50. The van der Waals surface area contributed by atoms with Gasteiger partial charge in [-0.15, -0.1) is 0 Å². The van der Waals surface area contributed by atoms with Crippen molar-refractivity contribution in [1.29, 1.82) is 0 Å². The number of ether oxygens (including phenoxy) is 1. The van der Waals surface area contributed by atoms with Crippen LogP contribution >= 0.6 is 0 Å². The molecule has 0 spiro atoms. The van der Waals surface area contributed by atoms with Gasteiger partial charge in [-0.3, -0.25) is 0 Å². The molecule has 2 rings (SSSR count). The lowest BCUT2D eigenvalue weighted by molar-refractivity contribution is 0.278. The summed E-state index contributed by atoms with van der Waals surface area (Å²) >= 11 is 0.